The van der Waals surface area contributed by atoms with Crippen LogP contribution < -0.4 is 5.32 Å². The van der Waals surface area contributed by atoms with Crippen LogP contribution in [0.1, 0.15) is 33.8 Å². The number of nitrogens with one attached hydrogen (secondary N) is 1. The van der Waals surface area contributed by atoms with Crippen molar-refractivity contribution < 1.29 is 14.0 Å². The molecule has 4 rings (SSSR count). The van der Waals surface area contributed by atoms with Gasteiger partial charge < -0.3 is 9.73 Å². The molecule has 0 bridgehead atoms. The number of benzene rings is 2. The molecule has 29 heavy (non-hydrogen) atoms. The Morgan fingerprint density at radius 1 is 1.17 bits per heavy atom. The lowest BCUT2D eigenvalue weighted by molar-refractivity contribution is 0.0982. The molecular weight excluding hydrogens is 384 g/mol. The molecule has 1 aliphatic rings. The number of aryl methyl sites for hydroxylation is 2. The molecule has 0 aliphatic carbocycles. The fraction of sp³-hybridized carbons (Fsp3) is 0.261. The van der Waals surface area contributed by atoms with Crippen LogP contribution in [0.2, 0.25) is 0 Å². The standard InChI is InChI=1S/C23H22N2O3S/c1-15-20(25-22(28-15)18-5-3-2-4-6-18)11-12-21(26)17-9-7-16(8-10-17)13-19-14-24-23(27)29-19/h2-10,19H,11-14H2,1H3,(H,24,27). The van der Waals surface area contributed by atoms with Gasteiger partial charge in [-0.05, 0) is 31.0 Å². The van der Waals surface area contributed by atoms with Gasteiger partial charge in [-0.1, -0.05) is 54.2 Å². The number of hydrogen-bond donors (Lipinski definition) is 1. The lowest BCUT2D eigenvalue weighted by atomic mass is 10.0. The van der Waals surface area contributed by atoms with Gasteiger partial charge in [0.05, 0.1) is 5.69 Å². The van der Waals surface area contributed by atoms with Gasteiger partial charge >= 0.3 is 0 Å². The first-order valence-electron chi connectivity index (χ1n) is 9.67. The Morgan fingerprint density at radius 2 is 1.93 bits per heavy atom. The van der Waals surface area contributed by atoms with Gasteiger partial charge in [-0.2, -0.15) is 0 Å². The Bertz CT molecular complexity index is 1010. The lowest BCUT2D eigenvalue weighted by Gasteiger charge is -2.07. The van der Waals surface area contributed by atoms with Gasteiger partial charge in [-0.25, -0.2) is 4.98 Å². The maximum absolute atomic E-state index is 12.6. The van der Waals surface area contributed by atoms with Crippen molar-refractivity contribution in [2.24, 2.45) is 0 Å². The number of ketones is 1. The molecule has 1 fully saturated rings. The Labute approximate surface area is 173 Å². The number of thioether (sulfide) groups is 1. The van der Waals surface area contributed by atoms with Crippen LogP contribution in [0.3, 0.4) is 0 Å². The first-order chi connectivity index (χ1) is 14.1. The van der Waals surface area contributed by atoms with Crippen LogP contribution in [0.5, 0.6) is 0 Å². The van der Waals surface area contributed by atoms with E-state index in [-0.39, 0.29) is 16.3 Å². The molecule has 0 spiro atoms. The average molecular weight is 407 g/mol. The molecule has 5 nitrogen and oxygen atoms in total. The molecular formula is C23H22N2O3S. The van der Waals surface area contributed by atoms with E-state index in [1.165, 1.54) is 11.8 Å². The SMILES string of the molecule is Cc1oc(-c2ccccc2)nc1CCC(=O)c1ccc(CC2CNC(=O)S2)cc1. The number of carbonyl (C=O) groups excluding carboxylic acids is 2. The Hall–Kier alpha value is -2.86. The normalized spacial score (nSPS) is 16.0. The molecule has 2 aromatic carbocycles. The number of oxazole rings is 1. The van der Waals surface area contributed by atoms with E-state index in [0.29, 0.717) is 30.8 Å². The summed E-state index contributed by atoms with van der Waals surface area (Å²) >= 11 is 1.35. The third kappa shape index (κ3) is 4.77. The van der Waals surface area contributed by atoms with E-state index < -0.39 is 0 Å². The summed E-state index contributed by atoms with van der Waals surface area (Å²) in [4.78, 5) is 28.4. The summed E-state index contributed by atoms with van der Waals surface area (Å²) in [6, 6.07) is 17.5. The first-order valence-corrected chi connectivity index (χ1v) is 10.5. The molecule has 1 amide bonds. The van der Waals surface area contributed by atoms with E-state index >= 15 is 0 Å². The zero-order chi connectivity index (χ0) is 20.2. The highest BCUT2D eigenvalue weighted by atomic mass is 32.2. The van der Waals surface area contributed by atoms with E-state index in [1.807, 2.05) is 61.5 Å². The molecule has 0 saturated carbocycles. The minimum Gasteiger partial charge on any atom is -0.441 e. The van der Waals surface area contributed by atoms with Crippen LogP contribution >= 0.6 is 11.8 Å². The average Bonchev–Trinajstić information content (AvgIpc) is 3.32. The van der Waals surface area contributed by atoms with Crippen LogP contribution in [0.15, 0.2) is 59.0 Å². The van der Waals surface area contributed by atoms with Crippen LogP contribution in [-0.4, -0.2) is 27.8 Å². The number of carbonyl (C=O) groups is 2. The summed E-state index contributed by atoms with van der Waals surface area (Å²) in [5.74, 6) is 1.43. The Kier molecular flexibility index (Phi) is 5.81. The molecule has 1 saturated heterocycles. The summed E-state index contributed by atoms with van der Waals surface area (Å²) in [5.41, 5.74) is 3.59. The number of hydrogen-bond acceptors (Lipinski definition) is 5. The van der Waals surface area contributed by atoms with Crippen molar-refractivity contribution >= 4 is 22.8 Å². The van der Waals surface area contributed by atoms with Crippen molar-refractivity contribution in [3.05, 3.63) is 77.2 Å². The second-order valence-electron chi connectivity index (χ2n) is 7.12. The summed E-state index contributed by atoms with van der Waals surface area (Å²) in [5, 5.41) is 3.13. The van der Waals surface area contributed by atoms with Gasteiger partial charge in [0.15, 0.2) is 5.78 Å². The van der Waals surface area contributed by atoms with Crippen LogP contribution in [0.25, 0.3) is 11.5 Å². The van der Waals surface area contributed by atoms with Crippen molar-refractivity contribution in [3.8, 4) is 11.5 Å². The predicted molar refractivity (Wildman–Crippen MR) is 114 cm³/mol. The largest absolute Gasteiger partial charge is 0.441 e. The van der Waals surface area contributed by atoms with Crippen LogP contribution in [0, 0.1) is 6.92 Å². The molecule has 1 aromatic heterocycles. The first kappa shape index (κ1) is 19.5. The van der Waals surface area contributed by atoms with Gasteiger partial charge in [-0.3, -0.25) is 9.59 Å². The number of nitrogens with zero attached hydrogens (tertiary/aromatic N) is 1. The van der Waals surface area contributed by atoms with Crippen molar-refractivity contribution in [1.29, 1.82) is 0 Å². The minimum absolute atomic E-state index is 0.0420. The molecule has 0 radical (unpaired) electrons. The second-order valence-corrected chi connectivity index (χ2v) is 8.39. The van der Waals surface area contributed by atoms with E-state index in [1.54, 1.807) is 0 Å². The van der Waals surface area contributed by atoms with E-state index in [2.05, 4.69) is 10.3 Å². The van der Waals surface area contributed by atoms with E-state index in [0.717, 1.165) is 29.0 Å². The minimum atomic E-state index is 0.0420. The summed E-state index contributed by atoms with van der Waals surface area (Å²) in [7, 11) is 0. The molecule has 3 aromatic rings. The maximum atomic E-state index is 12.6. The third-order valence-corrected chi connectivity index (χ3v) is 6.01. The maximum Gasteiger partial charge on any atom is 0.279 e. The molecule has 2 heterocycles. The van der Waals surface area contributed by atoms with E-state index in [4.69, 9.17) is 4.42 Å². The lowest BCUT2D eigenvalue weighted by Crippen LogP contribution is -2.16. The number of aromatic nitrogens is 1. The highest BCUT2D eigenvalue weighted by molar-refractivity contribution is 8.14. The van der Waals surface area contributed by atoms with Crippen molar-refractivity contribution in [2.75, 3.05) is 6.54 Å². The summed E-state index contributed by atoms with van der Waals surface area (Å²) in [6.07, 6.45) is 1.76. The predicted octanol–water partition coefficient (Wildman–Crippen LogP) is 4.83. The summed E-state index contributed by atoms with van der Waals surface area (Å²) in [6.45, 7) is 2.58. The van der Waals surface area contributed by atoms with E-state index in [9.17, 15) is 9.59 Å². The summed E-state index contributed by atoms with van der Waals surface area (Å²) < 4.78 is 5.77. The van der Waals surface area contributed by atoms with Gasteiger partial charge in [0.25, 0.3) is 5.24 Å². The van der Waals surface area contributed by atoms with Gasteiger partial charge in [0.2, 0.25) is 5.89 Å². The molecule has 6 heteroatoms. The van der Waals surface area contributed by atoms with Crippen molar-refractivity contribution in [2.45, 2.75) is 31.4 Å². The van der Waals surface area contributed by atoms with Crippen molar-refractivity contribution in [3.63, 3.8) is 0 Å². The number of amides is 1. The zero-order valence-corrected chi connectivity index (χ0v) is 17.0. The molecule has 148 valence electrons. The highest BCUT2D eigenvalue weighted by Crippen LogP contribution is 2.24. The fourth-order valence-electron chi connectivity index (χ4n) is 3.38. The smallest absolute Gasteiger partial charge is 0.279 e. The second kappa shape index (κ2) is 8.66. The van der Waals surface area contributed by atoms with Crippen LogP contribution in [-0.2, 0) is 12.8 Å². The monoisotopic (exact) mass is 406 g/mol. The molecule has 1 N–H and O–H groups in total. The third-order valence-electron chi connectivity index (χ3n) is 4.99. The molecule has 1 aliphatic heterocycles. The Morgan fingerprint density at radius 3 is 2.62 bits per heavy atom. The number of rotatable bonds is 7. The molecule has 1 atom stereocenters. The van der Waals surface area contributed by atoms with Gasteiger partial charge in [0.1, 0.15) is 5.76 Å². The highest BCUT2D eigenvalue weighted by Gasteiger charge is 2.22. The van der Waals surface area contributed by atoms with Gasteiger partial charge in [-0.15, -0.1) is 0 Å². The van der Waals surface area contributed by atoms with Crippen LogP contribution in [0.4, 0.5) is 4.79 Å². The molecule has 1 unspecified atom stereocenters. The fourth-order valence-corrected chi connectivity index (χ4v) is 4.29. The van der Waals surface area contributed by atoms with Gasteiger partial charge in [0, 0.05) is 35.8 Å². The zero-order valence-electron chi connectivity index (χ0n) is 16.2. The number of Topliss-reactive ketones (excluding diaryl/α,β-unsaturated/α-hetero) is 1. The topological polar surface area (TPSA) is 72.2 Å². The van der Waals surface area contributed by atoms with Crippen molar-refractivity contribution in [1.82, 2.24) is 10.3 Å². The quantitative estimate of drug-likeness (QED) is 0.569. The Balaban J connectivity index is 1.35.